The molecule has 2 amide bonds. The van der Waals surface area contributed by atoms with Gasteiger partial charge in [-0.05, 0) is 6.42 Å². The number of nitrogens with two attached hydrogens (primary N) is 1. The van der Waals surface area contributed by atoms with Crippen LogP contribution >= 0.6 is 0 Å². The SMILES string of the molecule is CN(CCN)C(=O)C1CCC(=O)N1. The van der Waals surface area contributed by atoms with Gasteiger partial charge in [0.05, 0.1) is 0 Å². The normalized spacial score (nSPS) is 21.4. The predicted molar refractivity (Wildman–Crippen MR) is 47.9 cm³/mol. The monoisotopic (exact) mass is 185 g/mol. The second kappa shape index (κ2) is 4.23. The van der Waals surface area contributed by atoms with Crippen molar-refractivity contribution >= 4 is 11.8 Å². The summed E-state index contributed by atoms with van der Waals surface area (Å²) in [5.41, 5.74) is 5.31. The van der Waals surface area contributed by atoms with E-state index < -0.39 is 0 Å². The molecule has 1 aliphatic heterocycles. The third kappa shape index (κ3) is 2.42. The van der Waals surface area contributed by atoms with Crippen LogP contribution in [0.4, 0.5) is 0 Å². The summed E-state index contributed by atoms with van der Waals surface area (Å²) in [6.45, 7) is 0.980. The number of carbonyl (C=O) groups excluding carboxylic acids is 2. The van der Waals surface area contributed by atoms with Crippen molar-refractivity contribution < 1.29 is 9.59 Å². The number of rotatable bonds is 3. The van der Waals surface area contributed by atoms with Crippen molar-refractivity contribution in [2.24, 2.45) is 5.73 Å². The summed E-state index contributed by atoms with van der Waals surface area (Å²) in [6, 6.07) is -0.330. The van der Waals surface area contributed by atoms with Crippen molar-refractivity contribution in [2.75, 3.05) is 20.1 Å². The molecule has 1 atom stereocenters. The molecule has 0 radical (unpaired) electrons. The van der Waals surface area contributed by atoms with Gasteiger partial charge in [0.25, 0.3) is 0 Å². The first-order valence-electron chi connectivity index (χ1n) is 4.39. The Balaban J connectivity index is 2.43. The quantitative estimate of drug-likeness (QED) is 0.572. The summed E-state index contributed by atoms with van der Waals surface area (Å²) < 4.78 is 0. The second-order valence-electron chi connectivity index (χ2n) is 3.21. The van der Waals surface area contributed by atoms with Crippen molar-refractivity contribution in [2.45, 2.75) is 18.9 Å². The zero-order chi connectivity index (χ0) is 9.84. The number of hydrogen-bond acceptors (Lipinski definition) is 3. The summed E-state index contributed by atoms with van der Waals surface area (Å²) in [6.07, 6.45) is 1.06. The van der Waals surface area contributed by atoms with E-state index in [2.05, 4.69) is 5.32 Å². The van der Waals surface area contributed by atoms with Gasteiger partial charge in [0.1, 0.15) is 6.04 Å². The van der Waals surface area contributed by atoms with Gasteiger partial charge in [-0.1, -0.05) is 0 Å². The molecule has 0 aromatic heterocycles. The molecular formula is C8H15N3O2. The largest absolute Gasteiger partial charge is 0.344 e. The number of nitrogens with zero attached hydrogens (tertiary/aromatic N) is 1. The van der Waals surface area contributed by atoms with Gasteiger partial charge in [-0.25, -0.2) is 0 Å². The van der Waals surface area contributed by atoms with E-state index in [9.17, 15) is 9.59 Å². The lowest BCUT2D eigenvalue weighted by atomic mass is 10.2. The molecule has 13 heavy (non-hydrogen) atoms. The number of carbonyl (C=O) groups is 2. The lowest BCUT2D eigenvalue weighted by Crippen LogP contribution is -2.44. The minimum absolute atomic E-state index is 0.0421. The highest BCUT2D eigenvalue weighted by atomic mass is 16.2. The number of nitrogens with one attached hydrogen (secondary N) is 1. The highest BCUT2D eigenvalue weighted by Gasteiger charge is 2.28. The maximum Gasteiger partial charge on any atom is 0.244 e. The minimum atomic E-state index is -0.330. The van der Waals surface area contributed by atoms with Crippen LogP contribution in [0.5, 0.6) is 0 Å². The van der Waals surface area contributed by atoms with Crippen LogP contribution in [0.15, 0.2) is 0 Å². The maximum atomic E-state index is 11.5. The van der Waals surface area contributed by atoms with Crippen LogP contribution < -0.4 is 11.1 Å². The summed E-state index contributed by atoms with van der Waals surface area (Å²) in [5.74, 6) is -0.0872. The zero-order valence-electron chi connectivity index (χ0n) is 7.75. The molecule has 3 N–H and O–H groups in total. The molecule has 1 fully saturated rings. The van der Waals surface area contributed by atoms with Gasteiger partial charge < -0.3 is 16.0 Å². The molecule has 0 aromatic carbocycles. The molecule has 5 nitrogen and oxygen atoms in total. The van der Waals surface area contributed by atoms with Crippen molar-refractivity contribution in [3.8, 4) is 0 Å². The molecule has 0 saturated carbocycles. The summed E-state index contributed by atoms with van der Waals surface area (Å²) in [7, 11) is 1.69. The average molecular weight is 185 g/mol. The molecule has 1 saturated heterocycles. The predicted octanol–water partition coefficient (Wildman–Crippen LogP) is -1.32. The fourth-order valence-electron chi connectivity index (χ4n) is 1.37. The van der Waals surface area contributed by atoms with Crippen LogP contribution in [-0.2, 0) is 9.59 Å². The molecular weight excluding hydrogens is 170 g/mol. The van der Waals surface area contributed by atoms with Crippen LogP contribution in [0.3, 0.4) is 0 Å². The van der Waals surface area contributed by atoms with E-state index in [0.29, 0.717) is 25.9 Å². The van der Waals surface area contributed by atoms with Crippen LogP contribution in [0, 0.1) is 0 Å². The first-order chi connectivity index (χ1) is 6.15. The molecule has 0 aromatic rings. The molecule has 1 heterocycles. The van der Waals surface area contributed by atoms with E-state index in [1.54, 1.807) is 11.9 Å². The lowest BCUT2D eigenvalue weighted by molar-refractivity contribution is -0.133. The Hall–Kier alpha value is -1.10. The molecule has 0 spiro atoms. The topological polar surface area (TPSA) is 75.4 Å². The number of hydrogen-bond donors (Lipinski definition) is 2. The van der Waals surface area contributed by atoms with E-state index in [0.717, 1.165) is 0 Å². The third-order valence-electron chi connectivity index (χ3n) is 2.13. The van der Waals surface area contributed by atoms with E-state index in [4.69, 9.17) is 5.73 Å². The Morgan fingerprint density at radius 1 is 1.77 bits per heavy atom. The van der Waals surface area contributed by atoms with Crippen LogP contribution in [-0.4, -0.2) is 42.9 Å². The second-order valence-corrected chi connectivity index (χ2v) is 3.21. The van der Waals surface area contributed by atoms with E-state index in [1.807, 2.05) is 0 Å². The van der Waals surface area contributed by atoms with Crippen LogP contribution in [0.2, 0.25) is 0 Å². The Kier molecular flexibility index (Phi) is 3.25. The Morgan fingerprint density at radius 2 is 2.46 bits per heavy atom. The number of likely N-dealkylation sites (N-methyl/N-ethyl adjacent to an activating group) is 1. The fourth-order valence-corrected chi connectivity index (χ4v) is 1.37. The zero-order valence-corrected chi connectivity index (χ0v) is 7.75. The van der Waals surface area contributed by atoms with E-state index in [1.165, 1.54) is 0 Å². The first kappa shape index (κ1) is 9.98. The Morgan fingerprint density at radius 3 is 2.92 bits per heavy atom. The van der Waals surface area contributed by atoms with Crippen molar-refractivity contribution in [1.82, 2.24) is 10.2 Å². The highest BCUT2D eigenvalue weighted by Crippen LogP contribution is 2.08. The molecule has 1 rings (SSSR count). The minimum Gasteiger partial charge on any atom is -0.344 e. The van der Waals surface area contributed by atoms with Gasteiger partial charge in [0.2, 0.25) is 11.8 Å². The third-order valence-corrected chi connectivity index (χ3v) is 2.13. The fraction of sp³-hybridized carbons (Fsp3) is 0.750. The van der Waals surface area contributed by atoms with Gasteiger partial charge in [-0.2, -0.15) is 0 Å². The number of amides is 2. The van der Waals surface area contributed by atoms with Gasteiger partial charge in [-0.15, -0.1) is 0 Å². The van der Waals surface area contributed by atoms with E-state index in [-0.39, 0.29) is 17.9 Å². The van der Waals surface area contributed by atoms with Crippen LogP contribution in [0.25, 0.3) is 0 Å². The lowest BCUT2D eigenvalue weighted by Gasteiger charge is -2.19. The van der Waals surface area contributed by atoms with Crippen molar-refractivity contribution in [1.29, 1.82) is 0 Å². The molecule has 5 heteroatoms. The molecule has 1 aliphatic rings. The van der Waals surface area contributed by atoms with Crippen LogP contribution in [0.1, 0.15) is 12.8 Å². The van der Waals surface area contributed by atoms with Crippen molar-refractivity contribution in [3.05, 3.63) is 0 Å². The van der Waals surface area contributed by atoms with Gasteiger partial charge in [0, 0.05) is 26.6 Å². The Bertz CT molecular complexity index is 217. The molecule has 1 unspecified atom stereocenters. The molecule has 0 aliphatic carbocycles. The van der Waals surface area contributed by atoms with Gasteiger partial charge >= 0.3 is 0 Å². The highest BCUT2D eigenvalue weighted by molar-refractivity contribution is 5.90. The Labute approximate surface area is 77.3 Å². The smallest absolute Gasteiger partial charge is 0.244 e. The standard InChI is InChI=1S/C8H15N3O2/c1-11(5-4-9)8(13)6-2-3-7(12)10-6/h6H,2-5,9H2,1H3,(H,10,12). The maximum absolute atomic E-state index is 11.5. The average Bonchev–Trinajstić information content (AvgIpc) is 2.51. The summed E-state index contributed by atoms with van der Waals surface area (Å²) in [4.78, 5) is 23.9. The molecule has 0 bridgehead atoms. The summed E-state index contributed by atoms with van der Waals surface area (Å²) >= 11 is 0. The summed E-state index contributed by atoms with van der Waals surface area (Å²) in [5, 5.41) is 2.62. The van der Waals surface area contributed by atoms with E-state index >= 15 is 0 Å². The molecule has 74 valence electrons. The van der Waals surface area contributed by atoms with Gasteiger partial charge in [-0.3, -0.25) is 9.59 Å². The van der Waals surface area contributed by atoms with Crippen molar-refractivity contribution in [3.63, 3.8) is 0 Å². The first-order valence-corrected chi connectivity index (χ1v) is 4.39. The van der Waals surface area contributed by atoms with Gasteiger partial charge in [0.15, 0.2) is 0 Å².